The van der Waals surface area contributed by atoms with E-state index in [4.69, 9.17) is 5.41 Å². The second kappa shape index (κ2) is 9.76. The first-order chi connectivity index (χ1) is 6.35. The van der Waals surface area contributed by atoms with Crippen molar-refractivity contribution in [2.75, 3.05) is 0 Å². The van der Waals surface area contributed by atoms with Gasteiger partial charge in [-0.1, -0.05) is 52.4 Å². The van der Waals surface area contributed by atoms with E-state index in [0.29, 0.717) is 5.92 Å². The van der Waals surface area contributed by atoms with E-state index in [2.05, 4.69) is 13.8 Å². The summed E-state index contributed by atoms with van der Waals surface area (Å²) < 4.78 is 0. The highest BCUT2D eigenvalue weighted by atomic mass is 14.3. The van der Waals surface area contributed by atoms with Crippen molar-refractivity contribution in [3.05, 3.63) is 0 Å². The lowest BCUT2D eigenvalue weighted by Gasteiger charge is -2.10. The Labute approximate surface area is 83.4 Å². The van der Waals surface area contributed by atoms with Crippen LogP contribution < -0.4 is 0 Å². The minimum Gasteiger partial charge on any atom is -0.313 e. The molecule has 0 fully saturated rings. The lowest BCUT2D eigenvalue weighted by molar-refractivity contribution is 0.509. The first-order valence-corrected chi connectivity index (χ1v) is 5.85. The molecule has 0 aromatic carbocycles. The number of nitrogens with one attached hydrogen (secondary N) is 1. The minimum atomic E-state index is 0.568. The van der Waals surface area contributed by atoms with Crippen LogP contribution in [0, 0.1) is 11.3 Å². The quantitative estimate of drug-likeness (QED) is 0.404. The molecule has 0 unspecified atom stereocenters. The van der Waals surface area contributed by atoms with Crippen molar-refractivity contribution < 1.29 is 0 Å². The van der Waals surface area contributed by atoms with Crippen molar-refractivity contribution in [2.24, 2.45) is 5.92 Å². The fourth-order valence-electron chi connectivity index (χ4n) is 1.62. The monoisotopic (exact) mass is 183 g/mol. The Balaban J connectivity index is 3.34. The number of rotatable bonds is 9. The van der Waals surface area contributed by atoms with E-state index in [1.165, 1.54) is 51.4 Å². The third-order valence-electron chi connectivity index (χ3n) is 2.59. The van der Waals surface area contributed by atoms with Crippen LogP contribution in [0.1, 0.15) is 65.2 Å². The van der Waals surface area contributed by atoms with Crippen molar-refractivity contribution in [1.29, 1.82) is 5.41 Å². The lowest BCUT2D eigenvalue weighted by Crippen LogP contribution is -2.01. The van der Waals surface area contributed by atoms with Gasteiger partial charge in [-0.05, 0) is 25.0 Å². The van der Waals surface area contributed by atoms with Crippen LogP contribution in [0.15, 0.2) is 0 Å². The van der Waals surface area contributed by atoms with Gasteiger partial charge in [0.15, 0.2) is 0 Å². The minimum absolute atomic E-state index is 0.568. The smallest absolute Gasteiger partial charge is 0.00167 e. The zero-order chi connectivity index (χ0) is 9.94. The zero-order valence-corrected chi connectivity index (χ0v) is 9.31. The third kappa shape index (κ3) is 8.01. The SMILES string of the molecule is CCCCCC(C=N)CCCCC. The maximum Gasteiger partial charge on any atom is -0.00167 e. The highest BCUT2D eigenvalue weighted by Gasteiger charge is 2.03. The van der Waals surface area contributed by atoms with Crippen molar-refractivity contribution >= 4 is 6.21 Å². The van der Waals surface area contributed by atoms with E-state index in [9.17, 15) is 0 Å². The van der Waals surface area contributed by atoms with Gasteiger partial charge in [-0.2, -0.15) is 0 Å². The van der Waals surface area contributed by atoms with Crippen molar-refractivity contribution in [1.82, 2.24) is 0 Å². The Morgan fingerprint density at radius 1 is 0.923 bits per heavy atom. The molecule has 1 nitrogen and oxygen atoms in total. The average Bonchev–Trinajstić information content (AvgIpc) is 2.16. The molecule has 0 heterocycles. The molecular weight excluding hydrogens is 158 g/mol. The van der Waals surface area contributed by atoms with Gasteiger partial charge in [0.2, 0.25) is 0 Å². The molecule has 0 aliphatic carbocycles. The summed E-state index contributed by atoms with van der Waals surface area (Å²) in [5, 5.41) is 7.31. The molecule has 0 radical (unpaired) electrons. The Bertz CT molecular complexity index is 99.7. The van der Waals surface area contributed by atoms with E-state index in [1.807, 2.05) is 0 Å². The Hall–Kier alpha value is -0.330. The maximum atomic E-state index is 7.31. The topological polar surface area (TPSA) is 23.9 Å². The molecule has 1 heteroatoms. The fraction of sp³-hybridized carbons (Fsp3) is 0.917. The van der Waals surface area contributed by atoms with Gasteiger partial charge >= 0.3 is 0 Å². The molecule has 0 spiro atoms. The van der Waals surface area contributed by atoms with E-state index >= 15 is 0 Å². The number of unbranched alkanes of at least 4 members (excludes halogenated alkanes) is 4. The molecule has 13 heavy (non-hydrogen) atoms. The van der Waals surface area contributed by atoms with Gasteiger partial charge in [-0.25, -0.2) is 0 Å². The van der Waals surface area contributed by atoms with Gasteiger partial charge in [0, 0.05) is 0 Å². The van der Waals surface area contributed by atoms with E-state index < -0.39 is 0 Å². The van der Waals surface area contributed by atoms with Crippen LogP contribution in [0.3, 0.4) is 0 Å². The predicted molar refractivity (Wildman–Crippen MR) is 60.6 cm³/mol. The summed E-state index contributed by atoms with van der Waals surface area (Å²) in [7, 11) is 0. The fourth-order valence-corrected chi connectivity index (χ4v) is 1.62. The predicted octanol–water partition coefficient (Wildman–Crippen LogP) is 4.41. The van der Waals surface area contributed by atoms with E-state index in [1.54, 1.807) is 6.21 Å². The Morgan fingerprint density at radius 2 is 1.38 bits per heavy atom. The Morgan fingerprint density at radius 3 is 1.69 bits per heavy atom. The standard InChI is InChI=1S/C12H25N/c1-3-5-7-9-12(11-13)10-8-6-4-2/h11-13H,3-10H2,1-2H3. The molecule has 0 atom stereocenters. The molecule has 0 saturated heterocycles. The van der Waals surface area contributed by atoms with E-state index in [-0.39, 0.29) is 0 Å². The summed E-state index contributed by atoms with van der Waals surface area (Å²) >= 11 is 0. The van der Waals surface area contributed by atoms with Crippen molar-refractivity contribution in [2.45, 2.75) is 65.2 Å². The second-order valence-corrected chi connectivity index (χ2v) is 3.92. The molecule has 0 rings (SSSR count). The van der Waals surface area contributed by atoms with Crippen LogP contribution in [0.25, 0.3) is 0 Å². The summed E-state index contributed by atoms with van der Waals surface area (Å²) in [5.74, 6) is 0.568. The van der Waals surface area contributed by atoms with Gasteiger partial charge in [-0.3, -0.25) is 0 Å². The van der Waals surface area contributed by atoms with Crippen molar-refractivity contribution in [3.63, 3.8) is 0 Å². The van der Waals surface area contributed by atoms with Gasteiger partial charge in [0.05, 0.1) is 0 Å². The number of hydrogen-bond donors (Lipinski definition) is 1. The first-order valence-electron chi connectivity index (χ1n) is 5.85. The Kier molecular flexibility index (Phi) is 9.51. The molecule has 0 amide bonds. The molecular formula is C12H25N. The summed E-state index contributed by atoms with van der Waals surface area (Å²) in [6, 6.07) is 0. The van der Waals surface area contributed by atoms with Gasteiger partial charge < -0.3 is 5.41 Å². The molecule has 1 N–H and O–H groups in total. The van der Waals surface area contributed by atoms with Gasteiger partial charge in [-0.15, -0.1) is 0 Å². The molecule has 0 aliphatic rings. The molecule has 0 aliphatic heterocycles. The average molecular weight is 183 g/mol. The summed E-state index contributed by atoms with van der Waals surface area (Å²) in [4.78, 5) is 0. The normalized spacial score (nSPS) is 10.7. The van der Waals surface area contributed by atoms with Gasteiger partial charge in [0.25, 0.3) is 0 Å². The van der Waals surface area contributed by atoms with E-state index in [0.717, 1.165) is 0 Å². The van der Waals surface area contributed by atoms with Crippen LogP contribution in [0.2, 0.25) is 0 Å². The molecule has 0 saturated carbocycles. The van der Waals surface area contributed by atoms with Gasteiger partial charge in [0.1, 0.15) is 0 Å². The molecule has 0 aromatic heterocycles. The molecule has 78 valence electrons. The second-order valence-electron chi connectivity index (χ2n) is 3.92. The largest absolute Gasteiger partial charge is 0.313 e. The summed E-state index contributed by atoms with van der Waals surface area (Å²) in [6.07, 6.45) is 12.0. The zero-order valence-electron chi connectivity index (χ0n) is 9.31. The van der Waals surface area contributed by atoms with Crippen LogP contribution in [-0.4, -0.2) is 6.21 Å². The maximum absolute atomic E-state index is 7.31. The van der Waals surface area contributed by atoms with Crippen LogP contribution in [0.4, 0.5) is 0 Å². The molecule has 0 aromatic rings. The highest BCUT2D eigenvalue weighted by Crippen LogP contribution is 2.15. The van der Waals surface area contributed by atoms with Crippen LogP contribution in [-0.2, 0) is 0 Å². The van der Waals surface area contributed by atoms with Crippen LogP contribution in [0.5, 0.6) is 0 Å². The summed E-state index contributed by atoms with van der Waals surface area (Å²) in [5.41, 5.74) is 0. The van der Waals surface area contributed by atoms with Crippen LogP contribution >= 0.6 is 0 Å². The first kappa shape index (κ1) is 12.7. The third-order valence-corrected chi connectivity index (χ3v) is 2.59. The molecule has 0 bridgehead atoms. The lowest BCUT2D eigenvalue weighted by atomic mass is 9.96. The highest BCUT2D eigenvalue weighted by molar-refractivity contribution is 5.56. The summed E-state index contributed by atoms with van der Waals surface area (Å²) in [6.45, 7) is 4.47. The van der Waals surface area contributed by atoms with Crippen molar-refractivity contribution in [3.8, 4) is 0 Å². The number of hydrogen-bond acceptors (Lipinski definition) is 1.